The molecule has 3 heterocycles. The molecule has 0 N–H and O–H groups in total. The molecule has 5 rings (SSSR count). The average molecular weight is 461 g/mol. The zero-order valence-electron chi connectivity index (χ0n) is 12.9. The van der Waals surface area contributed by atoms with Crippen molar-refractivity contribution in [2.75, 3.05) is 6.79 Å². The molecule has 7 heteroatoms. The number of imidazole rings is 1. The largest absolute Gasteiger partial charge is 0.454 e. The quantitative estimate of drug-likeness (QED) is 0.424. The fourth-order valence-electron chi connectivity index (χ4n) is 3.11. The summed E-state index contributed by atoms with van der Waals surface area (Å²) >= 11 is 7.04. The Morgan fingerprint density at radius 3 is 2.56 bits per heavy atom. The van der Waals surface area contributed by atoms with Gasteiger partial charge in [0.25, 0.3) is 0 Å². The molecule has 0 fully saturated rings. The monoisotopic (exact) mass is 459 g/mol. The highest BCUT2D eigenvalue weighted by atomic mass is 79.9. The maximum absolute atomic E-state index is 5.57. The topological polar surface area (TPSA) is 48.6 Å². The number of benzene rings is 2. The highest BCUT2D eigenvalue weighted by Gasteiger charge is 2.26. The molecule has 2 aromatic carbocycles. The lowest BCUT2D eigenvalue weighted by molar-refractivity contribution is 0.174. The van der Waals surface area contributed by atoms with Gasteiger partial charge in [0.15, 0.2) is 11.5 Å². The van der Waals surface area contributed by atoms with E-state index in [0.717, 1.165) is 48.9 Å². The van der Waals surface area contributed by atoms with Crippen LogP contribution in [-0.4, -0.2) is 22.2 Å². The van der Waals surface area contributed by atoms with Crippen LogP contribution in [0.2, 0.25) is 0 Å². The smallest absolute Gasteiger partial charge is 0.231 e. The summed E-state index contributed by atoms with van der Waals surface area (Å²) in [5.74, 6) is 2.37. The predicted molar refractivity (Wildman–Crippen MR) is 100 cm³/mol. The SMILES string of the molecule is Brc1nc2n(c1Br)N=C(c1ccccc1)c1cc3c(cc1C2)OCO3. The second-order valence-electron chi connectivity index (χ2n) is 5.78. The van der Waals surface area contributed by atoms with Crippen molar-refractivity contribution in [2.45, 2.75) is 6.42 Å². The first-order chi connectivity index (χ1) is 12.2. The maximum atomic E-state index is 5.57. The molecule has 0 aliphatic carbocycles. The molecule has 0 bridgehead atoms. The summed E-state index contributed by atoms with van der Waals surface area (Å²) in [7, 11) is 0. The van der Waals surface area contributed by atoms with Crippen molar-refractivity contribution in [1.29, 1.82) is 0 Å². The van der Waals surface area contributed by atoms with Gasteiger partial charge in [-0.05, 0) is 49.6 Å². The molecule has 124 valence electrons. The lowest BCUT2D eigenvalue weighted by Crippen LogP contribution is -2.07. The van der Waals surface area contributed by atoms with Crippen LogP contribution in [0.1, 0.15) is 22.5 Å². The molecule has 0 amide bonds. The molecule has 3 aromatic rings. The summed E-state index contributed by atoms with van der Waals surface area (Å²) in [5, 5.41) is 4.89. The zero-order valence-corrected chi connectivity index (χ0v) is 16.0. The third-order valence-electron chi connectivity index (χ3n) is 4.28. The molecule has 2 aliphatic rings. The van der Waals surface area contributed by atoms with E-state index in [9.17, 15) is 0 Å². The minimum absolute atomic E-state index is 0.252. The Kier molecular flexibility index (Phi) is 3.46. The van der Waals surface area contributed by atoms with Gasteiger partial charge in [0.1, 0.15) is 15.0 Å². The number of nitrogens with zero attached hydrogens (tertiary/aromatic N) is 3. The van der Waals surface area contributed by atoms with Crippen molar-refractivity contribution in [1.82, 2.24) is 9.66 Å². The summed E-state index contributed by atoms with van der Waals surface area (Å²) in [6.45, 7) is 0.252. The van der Waals surface area contributed by atoms with Gasteiger partial charge in [-0.15, -0.1) is 0 Å². The lowest BCUT2D eigenvalue weighted by Gasteiger charge is -2.10. The molecular formula is C18H11Br2N3O2. The number of ether oxygens (including phenoxy) is 2. The lowest BCUT2D eigenvalue weighted by atomic mass is 9.95. The summed E-state index contributed by atoms with van der Waals surface area (Å²) in [6, 6.07) is 14.2. The third-order valence-corrected chi connectivity index (χ3v) is 6.07. The molecule has 5 nitrogen and oxygen atoms in total. The van der Waals surface area contributed by atoms with Crippen molar-refractivity contribution in [3.05, 3.63) is 74.2 Å². The van der Waals surface area contributed by atoms with Gasteiger partial charge in [0, 0.05) is 17.5 Å². The number of rotatable bonds is 1. The van der Waals surface area contributed by atoms with Crippen LogP contribution in [0.5, 0.6) is 11.5 Å². The minimum Gasteiger partial charge on any atom is -0.454 e. The van der Waals surface area contributed by atoms with Crippen molar-refractivity contribution >= 4 is 37.6 Å². The molecule has 0 radical (unpaired) electrons. The van der Waals surface area contributed by atoms with Gasteiger partial charge in [-0.25, -0.2) is 9.66 Å². The summed E-state index contributed by atoms with van der Waals surface area (Å²) < 4.78 is 14.5. The Balaban J connectivity index is 1.81. The molecule has 0 spiro atoms. The van der Waals surface area contributed by atoms with E-state index in [2.05, 4.69) is 49.0 Å². The Bertz CT molecular complexity index is 1030. The second kappa shape index (κ2) is 5.71. The Morgan fingerprint density at radius 1 is 1.00 bits per heavy atom. The standard InChI is InChI=1S/C18H11Br2N3O2/c19-17-18(20)23-15(21-17)7-11-6-13-14(25-9-24-13)8-12(11)16(22-23)10-4-2-1-3-5-10/h1-6,8H,7,9H2. The van der Waals surface area contributed by atoms with E-state index >= 15 is 0 Å². The fraction of sp³-hybridized carbons (Fsp3) is 0.111. The first-order valence-electron chi connectivity index (χ1n) is 7.70. The number of hydrogen-bond acceptors (Lipinski definition) is 4. The highest BCUT2D eigenvalue weighted by Crippen LogP contribution is 2.38. The molecule has 0 unspecified atom stereocenters. The predicted octanol–water partition coefficient (Wildman–Crippen LogP) is 4.34. The van der Waals surface area contributed by atoms with E-state index in [1.165, 1.54) is 0 Å². The molecule has 0 saturated carbocycles. The van der Waals surface area contributed by atoms with Gasteiger partial charge in [-0.2, -0.15) is 5.10 Å². The second-order valence-corrected chi connectivity index (χ2v) is 7.28. The van der Waals surface area contributed by atoms with Crippen LogP contribution >= 0.6 is 31.9 Å². The minimum atomic E-state index is 0.252. The average Bonchev–Trinajstić information content (AvgIpc) is 3.14. The molecule has 0 atom stereocenters. The van der Waals surface area contributed by atoms with Crippen LogP contribution in [0.3, 0.4) is 0 Å². The van der Waals surface area contributed by atoms with Gasteiger partial charge in [-0.1, -0.05) is 30.3 Å². The third kappa shape index (κ3) is 2.41. The van der Waals surface area contributed by atoms with Gasteiger partial charge < -0.3 is 9.47 Å². The molecule has 1 aromatic heterocycles. The van der Waals surface area contributed by atoms with Crippen molar-refractivity contribution < 1.29 is 9.47 Å². The molecule has 2 aliphatic heterocycles. The number of hydrogen-bond donors (Lipinski definition) is 0. The molecule has 0 saturated heterocycles. The number of fused-ring (bicyclic) bond motifs is 3. The van der Waals surface area contributed by atoms with E-state index in [1.807, 2.05) is 35.0 Å². The van der Waals surface area contributed by atoms with Crippen molar-refractivity contribution in [3.8, 4) is 11.5 Å². The van der Waals surface area contributed by atoms with Crippen LogP contribution in [0.25, 0.3) is 0 Å². The van der Waals surface area contributed by atoms with E-state index in [0.29, 0.717) is 6.42 Å². The molecular weight excluding hydrogens is 450 g/mol. The number of halogens is 2. The van der Waals surface area contributed by atoms with Gasteiger partial charge in [-0.3, -0.25) is 0 Å². The Labute approximate surface area is 160 Å². The van der Waals surface area contributed by atoms with E-state index in [4.69, 9.17) is 14.6 Å². The van der Waals surface area contributed by atoms with Crippen LogP contribution in [0.4, 0.5) is 0 Å². The summed E-state index contributed by atoms with van der Waals surface area (Å²) in [6.07, 6.45) is 0.649. The Morgan fingerprint density at radius 2 is 1.76 bits per heavy atom. The van der Waals surface area contributed by atoms with Crippen LogP contribution < -0.4 is 9.47 Å². The Hall–Kier alpha value is -2.12. The number of aromatic nitrogens is 2. The van der Waals surface area contributed by atoms with Gasteiger partial charge in [0.05, 0.1) is 5.71 Å². The first-order valence-corrected chi connectivity index (χ1v) is 9.29. The normalized spacial score (nSPS) is 14.6. The van der Waals surface area contributed by atoms with E-state index in [-0.39, 0.29) is 6.79 Å². The summed E-state index contributed by atoms with van der Waals surface area (Å²) in [5.41, 5.74) is 4.05. The summed E-state index contributed by atoms with van der Waals surface area (Å²) in [4.78, 5) is 4.58. The maximum Gasteiger partial charge on any atom is 0.231 e. The van der Waals surface area contributed by atoms with Crippen LogP contribution in [0, 0.1) is 0 Å². The zero-order chi connectivity index (χ0) is 17.0. The van der Waals surface area contributed by atoms with Crippen LogP contribution in [-0.2, 0) is 6.42 Å². The van der Waals surface area contributed by atoms with E-state index in [1.54, 1.807) is 0 Å². The van der Waals surface area contributed by atoms with E-state index < -0.39 is 0 Å². The molecule has 25 heavy (non-hydrogen) atoms. The highest BCUT2D eigenvalue weighted by molar-refractivity contribution is 9.13. The fourth-order valence-corrected chi connectivity index (χ4v) is 3.85. The van der Waals surface area contributed by atoms with Crippen LogP contribution in [0.15, 0.2) is 56.8 Å². The van der Waals surface area contributed by atoms with Crippen molar-refractivity contribution in [3.63, 3.8) is 0 Å². The van der Waals surface area contributed by atoms with Gasteiger partial charge >= 0.3 is 0 Å². The first kappa shape index (κ1) is 15.2. The van der Waals surface area contributed by atoms with Crippen molar-refractivity contribution in [2.24, 2.45) is 5.10 Å². The van der Waals surface area contributed by atoms with Gasteiger partial charge in [0.2, 0.25) is 6.79 Å².